The zero-order valence-corrected chi connectivity index (χ0v) is 13.5. The Hall–Kier alpha value is -0.700. The minimum Gasteiger partial charge on any atom is -0.398 e. The summed E-state index contributed by atoms with van der Waals surface area (Å²) in [5.41, 5.74) is 5.86. The van der Waals surface area contributed by atoms with E-state index in [1.54, 1.807) is 0 Å². The number of nitrogens with two attached hydrogens (primary N) is 1. The van der Waals surface area contributed by atoms with Crippen LogP contribution in [0.2, 0.25) is 0 Å². The number of nitrogen functional groups attached to an aromatic ring is 1. The lowest BCUT2D eigenvalue weighted by atomic mass is 10.3. The van der Waals surface area contributed by atoms with Gasteiger partial charge in [-0.05, 0) is 34.6 Å². The first kappa shape index (κ1) is 15.7. The van der Waals surface area contributed by atoms with Crippen LogP contribution in [0.3, 0.4) is 0 Å². The molecule has 0 spiro atoms. The molecule has 1 aromatic rings. The average molecular weight is 366 g/mol. The molecule has 0 unspecified atom stereocenters. The fourth-order valence-electron chi connectivity index (χ4n) is 2.17. The van der Waals surface area contributed by atoms with Crippen LogP contribution in [-0.2, 0) is 10.0 Å². The summed E-state index contributed by atoms with van der Waals surface area (Å²) in [5, 5.41) is 0. The second-order valence-electron chi connectivity index (χ2n) is 4.64. The highest BCUT2D eigenvalue weighted by molar-refractivity contribution is 9.10. The predicted octanol–water partition coefficient (Wildman–Crippen LogP) is 1.50. The molecule has 5 nitrogen and oxygen atoms in total. The van der Waals surface area contributed by atoms with E-state index in [1.165, 1.54) is 10.4 Å². The molecule has 1 heterocycles. The van der Waals surface area contributed by atoms with Crippen molar-refractivity contribution >= 4 is 31.6 Å². The average Bonchev–Trinajstić information content (AvgIpc) is 2.42. The highest BCUT2D eigenvalue weighted by atomic mass is 79.9. The van der Waals surface area contributed by atoms with Crippen molar-refractivity contribution in [1.29, 1.82) is 0 Å². The number of hydrogen-bond donors (Lipinski definition) is 1. The summed E-state index contributed by atoms with van der Waals surface area (Å²) in [6.45, 7) is 4.95. The summed E-state index contributed by atoms with van der Waals surface area (Å²) in [6, 6.07) is 2.26. The Morgan fingerprint density at radius 2 is 1.90 bits per heavy atom. The number of anilines is 1. The quantitative estimate of drug-likeness (QED) is 0.824. The molecule has 1 aromatic carbocycles. The van der Waals surface area contributed by atoms with Gasteiger partial charge < -0.3 is 10.6 Å². The topological polar surface area (TPSA) is 66.6 Å². The van der Waals surface area contributed by atoms with Gasteiger partial charge in [-0.15, -0.1) is 0 Å². The molecular formula is C12H17BrFN3O2S. The van der Waals surface area contributed by atoms with Gasteiger partial charge in [-0.3, -0.25) is 0 Å². The lowest BCUT2D eigenvalue weighted by molar-refractivity contribution is 0.196. The van der Waals surface area contributed by atoms with Crippen LogP contribution in [0, 0.1) is 5.82 Å². The van der Waals surface area contributed by atoms with Crippen molar-refractivity contribution in [3.63, 3.8) is 0 Å². The molecule has 8 heteroatoms. The molecule has 0 bridgehead atoms. The van der Waals surface area contributed by atoms with Gasteiger partial charge in [-0.25, -0.2) is 12.8 Å². The lowest BCUT2D eigenvalue weighted by Crippen LogP contribution is -2.48. The lowest BCUT2D eigenvalue weighted by Gasteiger charge is -2.33. The summed E-state index contributed by atoms with van der Waals surface area (Å²) in [4.78, 5) is 1.79. The van der Waals surface area contributed by atoms with Crippen molar-refractivity contribution in [2.24, 2.45) is 0 Å². The number of benzene rings is 1. The third-order valence-electron chi connectivity index (χ3n) is 3.45. The Bertz CT molecular complexity index is 601. The normalized spacial score (nSPS) is 18.4. The highest BCUT2D eigenvalue weighted by Crippen LogP contribution is 2.28. The maximum atomic E-state index is 13.9. The zero-order valence-electron chi connectivity index (χ0n) is 11.1. The first-order chi connectivity index (χ1) is 9.36. The molecule has 112 valence electrons. The van der Waals surface area contributed by atoms with Gasteiger partial charge in [0.2, 0.25) is 10.0 Å². The van der Waals surface area contributed by atoms with E-state index in [9.17, 15) is 12.8 Å². The van der Waals surface area contributed by atoms with Gasteiger partial charge in [0.1, 0.15) is 10.7 Å². The largest absolute Gasteiger partial charge is 0.398 e. The Balaban J connectivity index is 2.30. The first-order valence-corrected chi connectivity index (χ1v) is 8.56. The van der Waals surface area contributed by atoms with E-state index < -0.39 is 15.8 Å². The molecule has 0 amide bonds. The van der Waals surface area contributed by atoms with Crippen LogP contribution in [0.25, 0.3) is 0 Å². The van der Waals surface area contributed by atoms with Crippen molar-refractivity contribution in [3.05, 3.63) is 22.4 Å². The maximum absolute atomic E-state index is 13.9. The number of sulfonamides is 1. The monoisotopic (exact) mass is 365 g/mol. The first-order valence-electron chi connectivity index (χ1n) is 6.33. The molecule has 0 aromatic heterocycles. The fourth-order valence-corrected chi connectivity index (χ4v) is 3.99. The third kappa shape index (κ3) is 2.98. The number of piperazine rings is 1. The summed E-state index contributed by atoms with van der Waals surface area (Å²) >= 11 is 3.08. The Labute approximate surface area is 126 Å². The summed E-state index contributed by atoms with van der Waals surface area (Å²) < 4.78 is 40.5. The van der Waals surface area contributed by atoms with Gasteiger partial charge in [0.15, 0.2) is 0 Å². The number of likely N-dealkylation sites (N-methyl/N-ethyl adjacent to an activating group) is 1. The number of nitrogens with zero attached hydrogens (tertiary/aromatic N) is 2. The van der Waals surface area contributed by atoms with Gasteiger partial charge in [-0.2, -0.15) is 4.31 Å². The Morgan fingerprint density at radius 1 is 1.30 bits per heavy atom. The van der Waals surface area contributed by atoms with Crippen LogP contribution in [0.15, 0.2) is 21.5 Å². The van der Waals surface area contributed by atoms with Crippen molar-refractivity contribution < 1.29 is 12.8 Å². The van der Waals surface area contributed by atoms with Crippen molar-refractivity contribution in [2.75, 3.05) is 38.5 Å². The molecule has 0 aliphatic carbocycles. The third-order valence-corrected chi connectivity index (χ3v) is 6.05. The van der Waals surface area contributed by atoms with E-state index in [1.807, 2.05) is 6.92 Å². The predicted molar refractivity (Wildman–Crippen MR) is 79.4 cm³/mol. The van der Waals surface area contributed by atoms with Crippen LogP contribution in [-0.4, -0.2) is 50.3 Å². The van der Waals surface area contributed by atoms with Gasteiger partial charge in [0.05, 0.1) is 0 Å². The molecule has 1 fully saturated rings. The molecule has 1 saturated heterocycles. The summed E-state index contributed by atoms with van der Waals surface area (Å²) in [7, 11) is -3.83. The standard InChI is InChI=1S/C12H17BrFN3O2S/c1-2-16-3-5-17(6-4-16)20(18,19)12-8-11(15)9(13)7-10(12)14/h7-8H,2-6,15H2,1H3. The van der Waals surface area contributed by atoms with Crippen LogP contribution >= 0.6 is 15.9 Å². The van der Waals surface area contributed by atoms with Crippen molar-refractivity contribution in [2.45, 2.75) is 11.8 Å². The second kappa shape index (κ2) is 5.97. The molecule has 2 N–H and O–H groups in total. The van der Waals surface area contributed by atoms with E-state index in [-0.39, 0.29) is 10.6 Å². The van der Waals surface area contributed by atoms with Crippen LogP contribution in [0.4, 0.5) is 10.1 Å². The van der Waals surface area contributed by atoms with E-state index in [0.29, 0.717) is 30.7 Å². The van der Waals surface area contributed by atoms with Gasteiger partial charge in [0.25, 0.3) is 0 Å². The number of halogens is 2. The molecular weight excluding hydrogens is 349 g/mol. The van der Waals surface area contributed by atoms with Crippen LogP contribution < -0.4 is 5.73 Å². The van der Waals surface area contributed by atoms with Gasteiger partial charge in [-0.1, -0.05) is 6.92 Å². The van der Waals surface area contributed by atoms with Gasteiger partial charge in [0, 0.05) is 36.3 Å². The number of hydrogen-bond acceptors (Lipinski definition) is 4. The molecule has 0 saturated carbocycles. The number of rotatable bonds is 3. The molecule has 20 heavy (non-hydrogen) atoms. The second-order valence-corrected chi connectivity index (χ2v) is 7.40. The van der Waals surface area contributed by atoms with E-state index in [2.05, 4.69) is 20.8 Å². The summed E-state index contributed by atoms with van der Waals surface area (Å²) in [6.07, 6.45) is 0. The molecule has 0 radical (unpaired) electrons. The van der Waals surface area contributed by atoms with E-state index >= 15 is 0 Å². The smallest absolute Gasteiger partial charge is 0.246 e. The SMILES string of the molecule is CCN1CCN(S(=O)(=O)c2cc(N)c(Br)cc2F)CC1. The Morgan fingerprint density at radius 3 is 2.45 bits per heavy atom. The Kier molecular flexibility index (Phi) is 4.68. The maximum Gasteiger partial charge on any atom is 0.246 e. The molecule has 2 rings (SSSR count). The highest BCUT2D eigenvalue weighted by Gasteiger charge is 2.30. The molecule has 1 aliphatic rings. The summed E-state index contributed by atoms with van der Waals surface area (Å²) in [5.74, 6) is -0.788. The van der Waals surface area contributed by atoms with E-state index in [4.69, 9.17) is 5.73 Å². The van der Waals surface area contributed by atoms with Crippen LogP contribution in [0.1, 0.15) is 6.92 Å². The minimum atomic E-state index is -3.83. The van der Waals surface area contributed by atoms with E-state index in [0.717, 1.165) is 12.6 Å². The fraction of sp³-hybridized carbons (Fsp3) is 0.500. The molecule has 1 aliphatic heterocycles. The minimum absolute atomic E-state index is 0.206. The van der Waals surface area contributed by atoms with Gasteiger partial charge >= 0.3 is 0 Å². The van der Waals surface area contributed by atoms with Crippen molar-refractivity contribution in [3.8, 4) is 0 Å². The molecule has 0 atom stereocenters. The zero-order chi connectivity index (χ0) is 14.9. The van der Waals surface area contributed by atoms with Crippen molar-refractivity contribution in [1.82, 2.24) is 9.21 Å². The van der Waals surface area contributed by atoms with Crippen LogP contribution in [0.5, 0.6) is 0 Å².